The van der Waals surface area contributed by atoms with Crippen molar-refractivity contribution < 1.29 is 18.7 Å². The van der Waals surface area contributed by atoms with E-state index in [1.54, 1.807) is 23.7 Å². The average molecular weight is 389 g/mol. The smallest absolute Gasteiger partial charge is 0.303 e. The fourth-order valence-corrected chi connectivity index (χ4v) is 3.26. The van der Waals surface area contributed by atoms with Crippen molar-refractivity contribution in [3.8, 4) is 6.07 Å². The van der Waals surface area contributed by atoms with Crippen molar-refractivity contribution >= 4 is 17.4 Å². The number of hydrogen-bond acceptors (Lipinski definition) is 7. The van der Waals surface area contributed by atoms with E-state index < -0.39 is 17.7 Å². The predicted molar refractivity (Wildman–Crippen MR) is 99.7 cm³/mol. The Hall–Kier alpha value is -2.73. The van der Waals surface area contributed by atoms with Gasteiger partial charge in [0.1, 0.15) is 17.8 Å². The van der Waals surface area contributed by atoms with Crippen LogP contribution in [0, 0.1) is 11.3 Å². The Balaban J connectivity index is 1.95. The molecule has 8 nitrogen and oxygen atoms in total. The molecule has 1 aliphatic rings. The molecule has 1 saturated heterocycles. The van der Waals surface area contributed by atoms with Crippen LogP contribution >= 0.6 is 0 Å². The Morgan fingerprint density at radius 3 is 2.96 bits per heavy atom. The molecule has 0 spiro atoms. The molecule has 0 aromatic carbocycles. The molecule has 0 aliphatic carbocycles. The first-order chi connectivity index (χ1) is 13.2. The van der Waals surface area contributed by atoms with Gasteiger partial charge in [0, 0.05) is 19.4 Å². The van der Waals surface area contributed by atoms with Gasteiger partial charge in [0.15, 0.2) is 0 Å². The summed E-state index contributed by atoms with van der Waals surface area (Å²) in [6.07, 6.45) is 1.75. The first-order valence-corrected chi connectivity index (χ1v) is 9.20. The molecule has 2 aromatic rings. The number of nitrogens with zero attached hydrogens (tertiary/aromatic N) is 4. The number of aromatic nitrogens is 3. The first-order valence-electron chi connectivity index (χ1n) is 9.20. The molecule has 1 aliphatic heterocycles. The van der Waals surface area contributed by atoms with Gasteiger partial charge in [0.25, 0.3) is 0 Å². The first kappa shape index (κ1) is 20.0. The van der Waals surface area contributed by atoms with Crippen molar-refractivity contribution in [2.24, 2.45) is 0 Å². The third-order valence-electron chi connectivity index (χ3n) is 5.05. The van der Waals surface area contributed by atoms with Gasteiger partial charge < -0.3 is 14.8 Å². The van der Waals surface area contributed by atoms with E-state index in [0.717, 1.165) is 0 Å². The lowest BCUT2D eigenvalue weighted by Crippen LogP contribution is -2.44. The van der Waals surface area contributed by atoms with Crippen LogP contribution in [0.2, 0.25) is 0 Å². The molecule has 3 rings (SSSR count). The van der Waals surface area contributed by atoms with E-state index in [0.29, 0.717) is 42.4 Å². The number of nitriles is 1. The van der Waals surface area contributed by atoms with Gasteiger partial charge in [-0.25, -0.2) is 13.9 Å². The van der Waals surface area contributed by atoms with Crippen molar-refractivity contribution in [1.82, 2.24) is 14.6 Å². The van der Waals surface area contributed by atoms with Crippen LogP contribution in [0.3, 0.4) is 0 Å². The van der Waals surface area contributed by atoms with Crippen LogP contribution in [0.1, 0.15) is 51.3 Å². The van der Waals surface area contributed by atoms with Crippen molar-refractivity contribution in [3.05, 3.63) is 23.5 Å². The van der Waals surface area contributed by atoms with Crippen molar-refractivity contribution in [2.75, 3.05) is 18.5 Å². The zero-order valence-corrected chi connectivity index (χ0v) is 16.4. The Morgan fingerprint density at radius 1 is 1.57 bits per heavy atom. The molecule has 9 heteroatoms. The summed E-state index contributed by atoms with van der Waals surface area (Å²) in [6, 6.07) is 3.56. The van der Waals surface area contributed by atoms with Crippen molar-refractivity contribution in [3.63, 3.8) is 0 Å². The van der Waals surface area contributed by atoms with E-state index in [-0.39, 0.29) is 12.0 Å². The van der Waals surface area contributed by atoms with Gasteiger partial charge in [-0.1, -0.05) is 6.92 Å². The van der Waals surface area contributed by atoms with E-state index in [9.17, 15) is 14.4 Å². The molecule has 0 radical (unpaired) electrons. The minimum Gasteiger partial charge on any atom is -0.458 e. The molecule has 3 atom stereocenters. The number of halogens is 1. The minimum absolute atomic E-state index is 0.209. The lowest BCUT2D eigenvalue weighted by molar-refractivity contribution is -0.153. The van der Waals surface area contributed by atoms with Crippen molar-refractivity contribution in [2.45, 2.75) is 57.8 Å². The summed E-state index contributed by atoms with van der Waals surface area (Å²) in [5, 5.41) is 17.1. The number of hydrogen-bond donors (Lipinski definition) is 1. The average Bonchev–Trinajstić information content (AvgIpc) is 2.99. The number of rotatable bonds is 5. The molecular formula is C19H24FN5O3. The number of alkyl halides is 1. The van der Waals surface area contributed by atoms with Gasteiger partial charge in [-0.15, -0.1) is 5.10 Å². The van der Waals surface area contributed by atoms with Crippen LogP contribution in [-0.4, -0.2) is 51.6 Å². The molecule has 0 bridgehead atoms. The summed E-state index contributed by atoms with van der Waals surface area (Å²) in [5.41, 5.74) is -0.0521. The van der Waals surface area contributed by atoms with Crippen LogP contribution in [0.4, 0.5) is 10.3 Å². The van der Waals surface area contributed by atoms with Crippen LogP contribution in [-0.2, 0) is 14.3 Å². The molecule has 1 fully saturated rings. The second kappa shape index (κ2) is 7.72. The van der Waals surface area contributed by atoms with Gasteiger partial charge >= 0.3 is 5.97 Å². The summed E-state index contributed by atoms with van der Waals surface area (Å²) in [4.78, 5) is 15.6. The quantitative estimate of drug-likeness (QED) is 0.784. The molecule has 0 saturated carbocycles. The Bertz CT molecular complexity index is 915. The summed E-state index contributed by atoms with van der Waals surface area (Å²) in [6.45, 7) is 6.85. The standard InChI is InChI=1S/C19H24FN5O3/c1-11(19(3,4)20)17-13(8-21)7-14-9-22-18(24-25(14)17)23-15-5-6-27-10-16(15)28-12(2)26/h7,9,11,15-16H,5-6,10H2,1-4H3,(H,23,24)/t11?,15-,16-/m1/s1. The van der Waals surface area contributed by atoms with E-state index in [4.69, 9.17) is 9.47 Å². The largest absolute Gasteiger partial charge is 0.458 e. The fourth-order valence-electron chi connectivity index (χ4n) is 3.26. The highest BCUT2D eigenvalue weighted by Gasteiger charge is 2.32. The second-order valence-corrected chi connectivity index (χ2v) is 7.52. The number of anilines is 1. The zero-order chi connectivity index (χ0) is 20.5. The van der Waals surface area contributed by atoms with E-state index in [1.165, 1.54) is 20.8 Å². The topological polar surface area (TPSA) is 102 Å². The molecule has 0 amide bonds. The van der Waals surface area contributed by atoms with E-state index >= 15 is 0 Å². The van der Waals surface area contributed by atoms with Gasteiger partial charge in [-0.2, -0.15) is 5.26 Å². The van der Waals surface area contributed by atoms with Crippen LogP contribution in [0.15, 0.2) is 12.3 Å². The molecule has 1 unspecified atom stereocenters. The SMILES string of the molecule is CC(=O)O[C@@H]1COCC[C@H]1Nc1ncc2cc(C#N)c(C(C)C(C)(C)F)n2n1. The number of fused-ring (bicyclic) bond motifs is 1. The number of carbonyl (C=O) groups is 1. The maximum absolute atomic E-state index is 14.6. The lowest BCUT2D eigenvalue weighted by atomic mass is 9.90. The second-order valence-electron chi connectivity index (χ2n) is 7.52. The summed E-state index contributed by atoms with van der Waals surface area (Å²) in [7, 11) is 0. The van der Waals surface area contributed by atoms with Gasteiger partial charge in [-0.3, -0.25) is 4.79 Å². The Morgan fingerprint density at radius 2 is 2.32 bits per heavy atom. The molecule has 1 N–H and O–H groups in total. The Kier molecular flexibility index (Phi) is 5.52. The molecule has 3 heterocycles. The van der Waals surface area contributed by atoms with Gasteiger partial charge in [-0.05, 0) is 26.3 Å². The third kappa shape index (κ3) is 4.07. The highest BCUT2D eigenvalue weighted by atomic mass is 19.1. The third-order valence-corrected chi connectivity index (χ3v) is 5.05. The summed E-state index contributed by atoms with van der Waals surface area (Å²) in [5.74, 6) is -0.630. The zero-order valence-electron chi connectivity index (χ0n) is 16.4. The summed E-state index contributed by atoms with van der Waals surface area (Å²) >= 11 is 0. The highest BCUT2D eigenvalue weighted by Crippen LogP contribution is 2.34. The number of carbonyl (C=O) groups excluding carboxylic acids is 1. The summed E-state index contributed by atoms with van der Waals surface area (Å²) < 4.78 is 26.8. The van der Waals surface area contributed by atoms with E-state index in [1.807, 2.05) is 0 Å². The lowest BCUT2D eigenvalue weighted by Gasteiger charge is -2.31. The molecular weight excluding hydrogens is 365 g/mol. The normalized spacial score (nSPS) is 21.1. The number of nitrogens with one attached hydrogen (secondary N) is 1. The van der Waals surface area contributed by atoms with Gasteiger partial charge in [0.05, 0.1) is 35.6 Å². The minimum atomic E-state index is -1.53. The van der Waals surface area contributed by atoms with Crippen LogP contribution in [0.5, 0.6) is 0 Å². The number of ether oxygens (including phenoxy) is 2. The molecule has 2 aromatic heterocycles. The van der Waals surface area contributed by atoms with Crippen molar-refractivity contribution in [1.29, 1.82) is 5.26 Å². The Labute approximate surface area is 162 Å². The molecule has 150 valence electrons. The predicted octanol–water partition coefficient (Wildman–Crippen LogP) is 2.59. The maximum atomic E-state index is 14.6. The fraction of sp³-hybridized carbons (Fsp3) is 0.579. The van der Waals surface area contributed by atoms with Crippen LogP contribution < -0.4 is 5.32 Å². The van der Waals surface area contributed by atoms with Crippen LogP contribution in [0.25, 0.3) is 5.52 Å². The monoisotopic (exact) mass is 389 g/mol. The highest BCUT2D eigenvalue weighted by molar-refractivity contribution is 5.66. The maximum Gasteiger partial charge on any atom is 0.303 e. The van der Waals surface area contributed by atoms with E-state index in [2.05, 4.69) is 21.5 Å². The van der Waals surface area contributed by atoms with Gasteiger partial charge in [0.2, 0.25) is 5.95 Å². The number of esters is 1. The molecule has 28 heavy (non-hydrogen) atoms.